The number of carbonyl (C=O) groups excluding carboxylic acids is 2. The van der Waals surface area contributed by atoms with E-state index in [1.165, 1.54) is 13.2 Å². The molecular weight excluding hydrogens is 396 g/mol. The topological polar surface area (TPSA) is 114 Å². The van der Waals surface area contributed by atoms with Gasteiger partial charge in [0.2, 0.25) is 0 Å². The van der Waals surface area contributed by atoms with Crippen LogP contribution < -0.4 is 4.74 Å². The lowest BCUT2D eigenvalue weighted by Gasteiger charge is -2.28. The maximum Gasteiger partial charge on any atom is 0.349 e. The highest BCUT2D eigenvalue weighted by atomic mass is 32.2. The lowest BCUT2D eigenvalue weighted by Crippen LogP contribution is -2.44. The second kappa shape index (κ2) is 8.66. The fourth-order valence-corrected chi connectivity index (χ4v) is 5.05. The van der Waals surface area contributed by atoms with Gasteiger partial charge in [-0.25, -0.2) is 13.2 Å². The van der Waals surface area contributed by atoms with Crippen LogP contribution in [0.4, 0.5) is 0 Å². The number of benzene rings is 1. The number of nitrogens with zero attached hydrogens (tertiary/aromatic N) is 2. The Bertz CT molecular complexity index is 958. The Kier molecular flexibility index (Phi) is 6.23. The van der Waals surface area contributed by atoms with E-state index in [2.05, 4.69) is 0 Å². The van der Waals surface area contributed by atoms with E-state index in [9.17, 15) is 23.3 Å². The zero-order valence-corrected chi connectivity index (χ0v) is 16.9. The Hall–Kier alpha value is -2.86. The van der Waals surface area contributed by atoms with Gasteiger partial charge in [-0.05, 0) is 43.0 Å². The number of hydrogen-bond acceptors (Lipinski definition) is 7. The van der Waals surface area contributed by atoms with Gasteiger partial charge in [-0.3, -0.25) is 4.79 Å². The fourth-order valence-electron chi connectivity index (χ4n) is 3.34. The summed E-state index contributed by atoms with van der Waals surface area (Å²) in [5.74, 6) is -0.666. The first-order valence-corrected chi connectivity index (χ1v) is 11.1. The molecule has 2 fully saturated rings. The fraction of sp³-hybridized carbons (Fsp3) is 0.450. The Balaban J connectivity index is 1.62. The maximum absolute atomic E-state index is 12.6. The molecule has 1 atom stereocenters. The van der Waals surface area contributed by atoms with Crippen LogP contribution in [0.5, 0.6) is 5.75 Å². The van der Waals surface area contributed by atoms with Gasteiger partial charge in [0.1, 0.15) is 17.4 Å². The summed E-state index contributed by atoms with van der Waals surface area (Å²) in [5.41, 5.74) is 0.380. The summed E-state index contributed by atoms with van der Waals surface area (Å²) in [6.45, 7) is -0.520. The molecule has 1 amide bonds. The van der Waals surface area contributed by atoms with Crippen molar-refractivity contribution in [1.29, 1.82) is 5.26 Å². The molecule has 0 spiro atoms. The average Bonchev–Trinajstić information content (AvgIpc) is 3.47. The molecule has 1 heterocycles. The van der Waals surface area contributed by atoms with Crippen molar-refractivity contribution < 1.29 is 27.5 Å². The summed E-state index contributed by atoms with van der Waals surface area (Å²) in [7, 11) is -1.60. The number of carbonyl (C=O) groups is 2. The summed E-state index contributed by atoms with van der Waals surface area (Å²) in [6, 6.07) is 8.17. The summed E-state index contributed by atoms with van der Waals surface area (Å²) in [4.78, 5) is 26.4. The zero-order valence-electron chi connectivity index (χ0n) is 16.0. The number of amides is 1. The number of hydrogen-bond donors (Lipinski definition) is 0. The van der Waals surface area contributed by atoms with Crippen LogP contribution in [0.2, 0.25) is 0 Å². The summed E-state index contributed by atoms with van der Waals surface area (Å²) < 4.78 is 33.6. The molecule has 0 unspecified atom stereocenters. The third kappa shape index (κ3) is 5.35. The van der Waals surface area contributed by atoms with E-state index in [0.29, 0.717) is 17.7 Å². The Labute approximate surface area is 169 Å². The van der Waals surface area contributed by atoms with Gasteiger partial charge in [0.25, 0.3) is 5.91 Å². The van der Waals surface area contributed by atoms with Crippen LogP contribution in [-0.4, -0.2) is 62.5 Å². The van der Waals surface area contributed by atoms with Crippen molar-refractivity contribution in [2.45, 2.75) is 31.3 Å². The molecular formula is C20H22N2O6S. The molecule has 0 radical (unpaired) electrons. The molecule has 154 valence electrons. The van der Waals surface area contributed by atoms with Crippen molar-refractivity contribution in [3.8, 4) is 11.8 Å². The van der Waals surface area contributed by atoms with Crippen molar-refractivity contribution >= 4 is 27.8 Å². The average molecular weight is 418 g/mol. The van der Waals surface area contributed by atoms with Gasteiger partial charge in [-0.2, -0.15) is 5.26 Å². The minimum Gasteiger partial charge on any atom is -0.497 e. The van der Waals surface area contributed by atoms with E-state index in [1.54, 1.807) is 35.2 Å². The van der Waals surface area contributed by atoms with Gasteiger partial charge in [-0.1, -0.05) is 12.1 Å². The van der Waals surface area contributed by atoms with Gasteiger partial charge in [0.15, 0.2) is 16.4 Å². The van der Waals surface area contributed by atoms with Crippen LogP contribution in [0.1, 0.15) is 24.8 Å². The highest BCUT2D eigenvalue weighted by Gasteiger charge is 2.42. The predicted octanol–water partition coefficient (Wildman–Crippen LogP) is 1.32. The molecule has 0 aromatic heterocycles. The van der Waals surface area contributed by atoms with E-state index in [1.807, 2.05) is 0 Å². The standard InChI is InChI=1S/C20H22N2O6S/c1-27-18-6-2-14(3-7-18)10-15(11-21)20(24)28-12-19(23)22(16-4-5-16)17-8-9-29(25,26)13-17/h2-3,6-7,10,16-17H,4-5,8-9,12-13H2,1H3/b15-10+/t17-/m0/s1. The number of methoxy groups -OCH3 is 1. The molecule has 0 bridgehead atoms. The molecule has 1 aliphatic heterocycles. The number of esters is 1. The summed E-state index contributed by atoms with van der Waals surface area (Å²) in [6.07, 6.45) is 3.40. The molecule has 2 aliphatic rings. The smallest absolute Gasteiger partial charge is 0.349 e. The first-order chi connectivity index (χ1) is 13.8. The minimum atomic E-state index is -3.13. The first kappa shape index (κ1) is 20.9. The van der Waals surface area contributed by atoms with Crippen molar-refractivity contribution in [2.75, 3.05) is 25.2 Å². The van der Waals surface area contributed by atoms with Gasteiger partial charge >= 0.3 is 5.97 Å². The molecule has 1 aromatic carbocycles. The number of rotatable bonds is 7. The lowest BCUT2D eigenvalue weighted by molar-refractivity contribution is -0.150. The normalized spacial score (nSPS) is 20.6. The molecule has 29 heavy (non-hydrogen) atoms. The molecule has 1 aliphatic carbocycles. The molecule has 3 rings (SSSR count). The largest absolute Gasteiger partial charge is 0.497 e. The number of nitriles is 1. The monoisotopic (exact) mass is 418 g/mol. The Morgan fingerprint density at radius 1 is 1.21 bits per heavy atom. The van der Waals surface area contributed by atoms with Crippen molar-refractivity contribution in [1.82, 2.24) is 4.90 Å². The number of ether oxygens (including phenoxy) is 2. The first-order valence-electron chi connectivity index (χ1n) is 9.27. The van der Waals surface area contributed by atoms with Crippen LogP contribution in [0, 0.1) is 11.3 Å². The van der Waals surface area contributed by atoms with Gasteiger partial charge in [-0.15, -0.1) is 0 Å². The Morgan fingerprint density at radius 3 is 2.41 bits per heavy atom. The molecule has 1 saturated heterocycles. The summed E-state index contributed by atoms with van der Waals surface area (Å²) >= 11 is 0. The van der Waals surface area contributed by atoms with Crippen molar-refractivity contribution in [3.05, 3.63) is 35.4 Å². The van der Waals surface area contributed by atoms with Gasteiger partial charge < -0.3 is 14.4 Å². The zero-order chi connectivity index (χ0) is 21.0. The van der Waals surface area contributed by atoms with E-state index in [0.717, 1.165) is 12.8 Å². The van der Waals surface area contributed by atoms with E-state index in [4.69, 9.17) is 9.47 Å². The minimum absolute atomic E-state index is 0.00443. The lowest BCUT2D eigenvalue weighted by atomic mass is 10.1. The van der Waals surface area contributed by atoms with Crippen LogP contribution in [0.15, 0.2) is 29.8 Å². The van der Waals surface area contributed by atoms with E-state index >= 15 is 0 Å². The second-order valence-electron chi connectivity index (χ2n) is 7.11. The van der Waals surface area contributed by atoms with Crippen molar-refractivity contribution in [3.63, 3.8) is 0 Å². The number of sulfone groups is 1. The molecule has 0 N–H and O–H groups in total. The molecule has 9 heteroatoms. The quantitative estimate of drug-likeness (QED) is 0.373. The van der Waals surface area contributed by atoms with Crippen LogP contribution in [0.3, 0.4) is 0 Å². The van der Waals surface area contributed by atoms with Gasteiger partial charge in [0, 0.05) is 12.1 Å². The van der Waals surface area contributed by atoms with Crippen LogP contribution in [-0.2, 0) is 24.2 Å². The SMILES string of the molecule is COc1ccc(/C=C(\C#N)C(=O)OCC(=O)N(C2CC2)[C@H]2CCS(=O)(=O)C2)cc1. The van der Waals surface area contributed by atoms with Crippen molar-refractivity contribution in [2.24, 2.45) is 0 Å². The predicted molar refractivity (Wildman–Crippen MR) is 104 cm³/mol. The third-order valence-electron chi connectivity index (χ3n) is 4.92. The maximum atomic E-state index is 12.6. The Morgan fingerprint density at radius 2 is 1.90 bits per heavy atom. The van der Waals surface area contributed by atoms with Crippen LogP contribution >= 0.6 is 0 Å². The highest BCUT2D eigenvalue weighted by Crippen LogP contribution is 2.32. The summed E-state index contributed by atoms with van der Waals surface area (Å²) in [5, 5.41) is 9.26. The third-order valence-corrected chi connectivity index (χ3v) is 6.67. The van der Waals surface area contributed by atoms with Crippen LogP contribution in [0.25, 0.3) is 6.08 Å². The molecule has 1 aromatic rings. The highest BCUT2D eigenvalue weighted by molar-refractivity contribution is 7.91. The van der Waals surface area contributed by atoms with E-state index < -0.39 is 28.3 Å². The molecule has 1 saturated carbocycles. The van der Waals surface area contributed by atoms with E-state index in [-0.39, 0.29) is 29.2 Å². The second-order valence-corrected chi connectivity index (χ2v) is 9.34. The van der Waals surface area contributed by atoms with Gasteiger partial charge in [0.05, 0.1) is 18.6 Å². The molecule has 8 nitrogen and oxygen atoms in total.